The first kappa shape index (κ1) is 23.2. The van der Waals surface area contributed by atoms with Crippen LogP contribution in [0.5, 0.6) is 5.75 Å². The summed E-state index contributed by atoms with van der Waals surface area (Å²) in [5.41, 5.74) is 0.750. The number of hydrogen-bond acceptors (Lipinski definition) is 7. The molecule has 1 fully saturated rings. The molecule has 32 heavy (non-hydrogen) atoms. The Bertz CT molecular complexity index is 1130. The highest BCUT2D eigenvalue weighted by Crippen LogP contribution is 2.30. The van der Waals surface area contributed by atoms with Gasteiger partial charge in [-0.05, 0) is 55.3 Å². The Labute approximate surface area is 186 Å². The van der Waals surface area contributed by atoms with Crippen molar-refractivity contribution in [3.63, 3.8) is 0 Å². The molecule has 0 unspecified atom stereocenters. The van der Waals surface area contributed by atoms with Crippen LogP contribution in [0, 0.1) is 11.3 Å². The van der Waals surface area contributed by atoms with Gasteiger partial charge in [0.25, 0.3) is 5.91 Å². The quantitative estimate of drug-likeness (QED) is 0.633. The average Bonchev–Trinajstić information content (AvgIpc) is 2.83. The molecule has 0 radical (unpaired) electrons. The van der Waals surface area contributed by atoms with E-state index in [2.05, 4.69) is 5.32 Å². The van der Waals surface area contributed by atoms with Crippen LogP contribution in [0.4, 0.5) is 5.69 Å². The Balaban J connectivity index is 1.68. The van der Waals surface area contributed by atoms with Crippen molar-refractivity contribution in [2.75, 3.05) is 32.1 Å². The molecule has 10 heteroatoms. The van der Waals surface area contributed by atoms with E-state index in [-0.39, 0.29) is 21.9 Å². The number of nitrogens with one attached hydrogen (secondary N) is 1. The Hall–Kier alpha value is -3.42. The van der Waals surface area contributed by atoms with E-state index in [0.29, 0.717) is 18.7 Å². The molecule has 2 aromatic carbocycles. The highest BCUT2D eigenvalue weighted by atomic mass is 32.2. The summed E-state index contributed by atoms with van der Waals surface area (Å²) in [6, 6.07) is 12.0. The summed E-state index contributed by atoms with van der Waals surface area (Å²) in [7, 11) is -2.30. The van der Waals surface area contributed by atoms with E-state index < -0.39 is 28.5 Å². The molecule has 0 spiro atoms. The van der Waals surface area contributed by atoms with Gasteiger partial charge in [-0.3, -0.25) is 4.79 Å². The number of sulfonamides is 1. The van der Waals surface area contributed by atoms with E-state index in [9.17, 15) is 18.0 Å². The number of nitriles is 1. The fourth-order valence-electron chi connectivity index (χ4n) is 3.28. The van der Waals surface area contributed by atoms with E-state index in [1.165, 1.54) is 53.9 Å². The number of carbonyl (C=O) groups excluding carboxylic acids is 2. The van der Waals surface area contributed by atoms with Crippen molar-refractivity contribution in [1.82, 2.24) is 4.31 Å². The third-order valence-electron chi connectivity index (χ3n) is 4.98. The number of piperidine rings is 1. The molecule has 0 saturated carbocycles. The molecule has 0 bridgehead atoms. The Kier molecular flexibility index (Phi) is 7.45. The highest BCUT2D eigenvalue weighted by molar-refractivity contribution is 7.89. The van der Waals surface area contributed by atoms with Gasteiger partial charge in [0.05, 0.1) is 34.9 Å². The lowest BCUT2D eigenvalue weighted by molar-refractivity contribution is -0.119. The molecular weight excluding hydrogens is 434 g/mol. The first-order chi connectivity index (χ1) is 15.3. The van der Waals surface area contributed by atoms with Crippen LogP contribution in [0.3, 0.4) is 0 Å². The van der Waals surface area contributed by atoms with Crippen molar-refractivity contribution in [3.8, 4) is 11.8 Å². The van der Waals surface area contributed by atoms with Gasteiger partial charge in [-0.1, -0.05) is 6.42 Å². The van der Waals surface area contributed by atoms with Gasteiger partial charge in [0, 0.05) is 13.1 Å². The number of hydrogen-bond donors (Lipinski definition) is 1. The van der Waals surface area contributed by atoms with Crippen molar-refractivity contribution < 1.29 is 27.5 Å². The van der Waals surface area contributed by atoms with Crippen molar-refractivity contribution in [1.29, 1.82) is 5.26 Å². The van der Waals surface area contributed by atoms with Gasteiger partial charge in [-0.25, -0.2) is 13.2 Å². The van der Waals surface area contributed by atoms with Gasteiger partial charge < -0.3 is 14.8 Å². The Morgan fingerprint density at radius 3 is 2.41 bits per heavy atom. The summed E-state index contributed by atoms with van der Waals surface area (Å²) >= 11 is 0. The maximum absolute atomic E-state index is 12.9. The molecule has 0 aliphatic carbocycles. The number of carbonyl (C=O) groups is 2. The molecule has 1 N–H and O–H groups in total. The van der Waals surface area contributed by atoms with Gasteiger partial charge in [0.15, 0.2) is 6.61 Å². The van der Waals surface area contributed by atoms with Gasteiger partial charge in [-0.15, -0.1) is 0 Å². The number of ether oxygens (including phenoxy) is 2. The summed E-state index contributed by atoms with van der Waals surface area (Å²) in [4.78, 5) is 24.5. The minimum Gasteiger partial charge on any atom is -0.495 e. The number of benzene rings is 2. The van der Waals surface area contributed by atoms with Crippen LogP contribution in [0.15, 0.2) is 47.4 Å². The van der Waals surface area contributed by atoms with Gasteiger partial charge in [0.2, 0.25) is 10.0 Å². The van der Waals surface area contributed by atoms with Crippen LogP contribution in [-0.2, 0) is 19.6 Å². The van der Waals surface area contributed by atoms with Crippen LogP contribution in [0.25, 0.3) is 0 Å². The molecule has 9 nitrogen and oxygen atoms in total. The molecule has 1 saturated heterocycles. The Morgan fingerprint density at radius 2 is 1.78 bits per heavy atom. The van der Waals surface area contributed by atoms with Crippen molar-refractivity contribution in [2.45, 2.75) is 24.2 Å². The van der Waals surface area contributed by atoms with Gasteiger partial charge >= 0.3 is 5.97 Å². The van der Waals surface area contributed by atoms with E-state index in [4.69, 9.17) is 14.7 Å². The maximum Gasteiger partial charge on any atom is 0.338 e. The maximum atomic E-state index is 12.9. The topological polar surface area (TPSA) is 126 Å². The Morgan fingerprint density at radius 1 is 1.09 bits per heavy atom. The fraction of sp³-hybridized carbons (Fsp3) is 0.318. The van der Waals surface area contributed by atoms with Crippen molar-refractivity contribution in [2.24, 2.45) is 0 Å². The summed E-state index contributed by atoms with van der Waals surface area (Å²) < 4.78 is 37.5. The normalized spacial score (nSPS) is 14.2. The monoisotopic (exact) mass is 457 g/mol. The third-order valence-corrected chi connectivity index (χ3v) is 6.88. The minimum atomic E-state index is -3.69. The zero-order valence-electron chi connectivity index (χ0n) is 17.5. The predicted molar refractivity (Wildman–Crippen MR) is 116 cm³/mol. The van der Waals surface area contributed by atoms with Crippen molar-refractivity contribution in [3.05, 3.63) is 53.6 Å². The van der Waals surface area contributed by atoms with Gasteiger partial charge in [-0.2, -0.15) is 9.57 Å². The average molecular weight is 458 g/mol. The molecule has 1 aliphatic heterocycles. The summed E-state index contributed by atoms with van der Waals surface area (Å²) in [6.45, 7) is 0.341. The molecule has 3 rings (SSSR count). The first-order valence-corrected chi connectivity index (χ1v) is 11.4. The van der Waals surface area contributed by atoms with E-state index in [1.54, 1.807) is 0 Å². The lowest BCUT2D eigenvalue weighted by Gasteiger charge is -2.26. The number of methoxy groups -OCH3 is 1. The number of esters is 1. The second-order valence-corrected chi connectivity index (χ2v) is 9.08. The minimum absolute atomic E-state index is 0.0464. The lowest BCUT2D eigenvalue weighted by Crippen LogP contribution is -2.35. The fourth-order valence-corrected chi connectivity index (χ4v) is 4.82. The first-order valence-electron chi connectivity index (χ1n) is 10.0. The molecule has 0 atom stereocenters. The summed E-state index contributed by atoms with van der Waals surface area (Å²) in [5.74, 6) is -1.11. The summed E-state index contributed by atoms with van der Waals surface area (Å²) in [5, 5.41) is 11.3. The smallest absolute Gasteiger partial charge is 0.338 e. The van der Waals surface area contributed by atoms with Crippen LogP contribution < -0.4 is 10.1 Å². The summed E-state index contributed by atoms with van der Waals surface area (Å²) in [6.07, 6.45) is 2.62. The largest absolute Gasteiger partial charge is 0.495 e. The van der Waals surface area contributed by atoms with Gasteiger partial charge in [0.1, 0.15) is 5.75 Å². The standard InChI is InChI=1S/C22H23N3O6S/c1-30-20-10-9-18(32(28,29)25-11-3-2-4-12-25)13-19(20)24-21(26)15-31-22(27)17-7-5-16(14-23)6-8-17/h5-10,13H,2-4,11-12,15H2,1H3,(H,24,26). The van der Waals surface area contributed by atoms with Crippen LogP contribution in [0.1, 0.15) is 35.2 Å². The molecule has 1 amide bonds. The second-order valence-electron chi connectivity index (χ2n) is 7.14. The second kappa shape index (κ2) is 10.3. The SMILES string of the molecule is COc1ccc(S(=O)(=O)N2CCCCC2)cc1NC(=O)COC(=O)c1ccc(C#N)cc1. The molecular formula is C22H23N3O6S. The van der Waals surface area contributed by atoms with Crippen molar-refractivity contribution >= 4 is 27.6 Å². The molecule has 1 heterocycles. The van der Waals surface area contributed by atoms with E-state index >= 15 is 0 Å². The number of rotatable bonds is 7. The molecule has 168 valence electrons. The predicted octanol–water partition coefficient (Wildman–Crippen LogP) is 2.54. The highest BCUT2D eigenvalue weighted by Gasteiger charge is 2.27. The molecule has 2 aromatic rings. The van der Waals surface area contributed by atoms with Crippen LogP contribution in [-0.4, -0.2) is 51.4 Å². The number of amides is 1. The zero-order valence-corrected chi connectivity index (χ0v) is 18.4. The van der Waals surface area contributed by atoms with E-state index in [0.717, 1.165) is 19.3 Å². The molecule has 1 aliphatic rings. The molecule has 0 aromatic heterocycles. The zero-order chi connectivity index (χ0) is 23.1. The van der Waals surface area contributed by atoms with Crippen LogP contribution in [0.2, 0.25) is 0 Å². The van der Waals surface area contributed by atoms with E-state index in [1.807, 2.05) is 6.07 Å². The third kappa shape index (κ3) is 5.43. The lowest BCUT2D eigenvalue weighted by atomic mass is 10.1. The number of anilines is 1. The van der Waals surface area contributed by atoms with Crippen LogP contribution >= 0.6 is 0 Å². The number of nitrogens with zero attached hydrogens (tertiary/aromatic N) is 2.